The molecular formula is C12H26N2O2. The van der Waals surface area contributed by atoms with E-state index < -0.39 is 0 Å². The zero-order valence-corrected chi connectivity index (χ0v) is 10.9. The fourth-order valence-corrected chi connectivity index (χ4v) is 1.89. The number of rotatable bonds is 10. The van der Waals surface area contributed by atoms with Crippen molar-refractivity contribution < 1.29 is 9.47 Å². The molecule has 1 saturated carbocycles. The molecule has 96 valence electrons. The highest BCUT2D eigenvalue weighted by atomic mass is 16.5. The van der Waals surface area contributed by atoms with Crippen molar-refractivity contribution in [3.8, 4) is 0 Å². The van der Waals surface area contributed by atoms with Crippen LogP contribution in [0.1, 0.15) is 19.8 Å². The highest BCUT2D eigenvalue weighted by Gasteiger charge is 2.28. The van der Waals surface area contributed by atoms with Crippen LogP contribution < -0.4 is 5.32 Å². The highest BCUT2D eigenvalue weighted by molar-refractivity contribution is 4.84. The summed E-state index contributed by atoms with van der Waals surface area (Å²) in [4.78, 5) is 2.52. The van der Waals surface area contributed by atoms with E-state index in [9.17, 15) is 0 Å². The predicted octanol–water partition coefficient (Wildman–Crippen LogP) is 0.722. The molecule has 0 saturated heterocycles. The van der Waals surface area contributed by atoms with Crippen LogP contribution in [-0.2, 0) is 9.47 Å². The Labute approximate surface area is 99.3 Å². The number of ether oxygens (including phenoxy) is 2. The molecule has 0 heterocycles. The van der Waals surface area contributed by atoms with Gasteiger partial charge in [0.05, 0.1) is 13.2 Å². The van der Waals surface area contributed by atoms with Crippen LogP contribution >= 0.6 is 0 Å². The molecule has 0 bridgehead atoms. The van der Waals surface area contributed by atoms with Gasteiger partial charge in [0.25, 0.3) is 0 Å². The van der Waals surface area contributed by atoms with E-state index in [2.05, 4.69) is 17.1 Å². The van der Waals surface area contributed by atoms with Crippen LogP contribution in [0.15, 0.2) is 0 Å². The Bertz CT molecular complexity index is 174. The standard InChI is InChI=1S/C12H26N2O2/c1-11(10-16-3)13-6-7-14(8-9-15-2)12-4-5-12/h11-13H,4-10H2,1-3H3. The van der Waals surface area contributed by atoms with Gasteiger partial charge >= 0.3 is 0 Å². The van der Waals surface area contributed by atoms with Crippen molar-refractivity contribution in [1.82, 2.24) is 10.2 Å². The van der Waals surface area contributed by atoms with Gasteiger partial charge in [-0.15, -0.1) is 0 Å². The van der Waals surface area contributed by atoms with Gasteiger partial charge in [0.15, 0.2) is 0 Å². The summed E-state index contributed by atoms with van der Waals surface area (Å²) in [7, 11) is 3.51. The van der Waals surface area contributed by atoms with Crippen LogP contribution in [0.5, 0.6) is 0 Å². The lowest BCUT2D eigenvalue weighted by atomic mass is 10.3. The van der Waals surface area contributed by atoms with E-state index in [4.69, 9.17) is 9.47 Å². The molecule has 1 fully saturated rings. The summed E-state index contributed by atoms with van der Waals surface area (Å²) in [6.07, 6.45) is 2.72. The first kappa shape index (κ1) is 13.9. The number of nitrogens with zero attached hydrogens (tertiary/aromatic N) is 1. The van der Waals surface area contributed by atoms with E-state index in [-0.39, 0.29) is 0 Å². The average Bonchev–Trinajstić information content (AvgIpc) is 3.07. The third-order valence-electron chi connectivity index (χ3n) is 2.95. The summed E-state index contributed by atoms with van der Waals surface area (Å²) in [5, 5.41) is 3.47. The molecule has 1 aliphatic carbocycles. The molecule has 0 radical (unpaired) electrons. The second-order valence-corrected chi connectivity index (χ2v) is 4.57. The average molecular weight is 230 g/mol. The predicted molar refractivity (Wildman–Crippen MR) is 65.8 cm³/mol. The molecule has 1 unspecified atom stereocenters. The van der Waals surface area contributed by atoms with Crippen LogP contribution in [0, 0.1) is 0 Å². The van der Waals surface area contributed by atoms with Gasteiger partial charge in [0, 0.05) is 45.9 Å². The topological polar surface area (TPSA) is 33.7 Å². The minimum absolute atomic E-state index is 0.438. The first-order chi connectivity index (χ1) is 7.77. The maximum absolute atomic E-state index is 5.13. The number of methoxy groups -OCH3 is 2. The third kappa shape index (κ3) is 5.80. The first-order valence-corrected chi connectivity index (χ1v) is 6.23. The lowest BCUT2D eigenvalue weighted by Gasteiger charge is -2.22. The van der Waals surface area contributed by atoms with E-state index in [0.29, 0.717) is 6.04 Å². The molecule has 0 aromatic rings. The molecule has 0 amide bonds. The summed E-state index contributed by atoms with van der Waals surface area (Å²) in [5.74, 6) is 0. The highest BCUT2D eigenvalue weighted by Crippen LogP contribution is 2.25. The van der Waals surface area contributed by atoms with Gasteiger partial charge in [0.1, 0.15) is 0 Å². The van der Waals surface area contributed by atoms with Crippen molar-refractivity contribution in [3.05, 3.63) is 0 Å². The van der Waals surface area contributed by atoms with Gasteiger partial charge in [0.2, 0.25) is 0 Å². The lowest BCUT2D eigenvalue weighted by molar-refractivity contribution is 0.139. The quantitative estimate of drug-likeness (QED) is 0.600. The second kappa shape index (κ2) is 8.01. The van der Waals surface area contributed by atoms with Crippen LogP contribution in [-0.4, -0.2) is 64.1 Å². The largest absolute Gasteiger partial charge is 0.383 e. The summed E-state index contributed by atoms with van der Waals surface area (Å²) >= 11 is 0. The first-order valence-electron chi connectivity index (χ1n) is 6.23. The molecule has 0 spiro atoms. The SMILES string of the molecule is COCCN(CCNC(C)COC)C1CC1. The van der Waals surface area contributed by atoms with E-state index in [1.54, 1.807) is 14.2 Å². The molecule has 0 aromatic carbocycles. The van der Waals surface area contributed by atoms with E-state index >= 15 is 0 Å². The molecule has 1 aliphatic rings. The second-order valence-electron chi connectivity index (χ2n) is 4.57. The van der Waals surface area contributed by atoms with Gasteiger partial charge in [-0.25, -0.2) is 0 Å². The van der Waals surface area contributed by atoms with Crippen molar-refractivity contribution in [2.75, 3.05) is 47.1 Å². The Morgan fingerprint density at radius 3 is 2.56 bits per heavy atom. The lowest BCUT2D eigenvalue weighted by Crippen LogP contribution is -2.39. The molecule has 1 atom stereocenters. The van der Waals surface area contributed by atoms with Crippen molar-refractivity contribution in [2.45, 2.75) is 31.8 Å². The van der Waals surface area contributed by atoms with Crippen molar-refractivity contribution in [2.24, 2.45) is 0 Å². The maximum Gasteiger partial charge on any atom is 0.0613 e. The number of hydrogen-bond acceptors (Lipinski definition) is 4. The van der Waals surface area contributed by atoms with Gasteiger partial charge < -0.3 is 14.8 Å². The monoisotopic (exact) mass is 230 g/mol. The molecule has 16 heavy (non-hydrogen) atoms. The van der Waals surface area contributed by atoms with E-state index in [1.807, 2.05) is 0 Å². The van der Waals surface area contributed by atoms with Crippen LogP contribution in [0.25, 0.3) is 0 Å². The maximum atomic E-state index is 5.13. The molecule has 1 N–H and O–H groups in total. The van der Waals surface area contributed by atoms with Gasteiger partial charge in [-0.3, -0.25) is 4.90 Å². The van der Waals surface area contributed by atoms with Crippen molar-refractivity contribution in [1.29, 1.82) is 0 Å². The van der Waals surface area contributed by atoms with Crippen molar-refractivity contribution >= 4 is 0 Å². The number of hydrogen-bond donors (Lipinski definition) is 1. The Kier molecular flexibility index (Phi) is 6.96. The summed E-state index contributed by atoms with van der Waals surface area (Å²) < 4.78 is 10.2. The van der Waals surface area contributed by atoms with E-state index in [0.717, 1.165) is 38.9 Å². The Balaban J connectivity index is 2.07. The van der Waals surface area contributed by atoms with Crippen molar-refractivity contribution in [3.63, 3.8) is 0 Å². The summed E-state index contributed by atoms with van der Waals surface area (Å²) in [6.45, 7) is 6.97. The van der Waals surface area contributed by atoms with Crippen LogP contribution in [0.3, 0.4) is 0 Å². The molecule has 0 aromatic heterocycles. The summed E-state index contributed by atoms with van der Waals surface area (Å²) in [5.41, 5.74) is 0. The Morgan fingerprint density at radius 2 is 2.00 bits per heavy atom. The Hall–Kier alpha value is -0.160. The molecular weight excluding hydrogens is 204 g/mol. The Morgan fingerprint density at radius 1 is 1.25 bits per heavy atom. The van der Waals surface area contributed by atoms with E-state index in [1.165, 1.54) is 12.8 Å². The smallest absolute Gasteiger partial charge is 0.0613 e. The fourth-order valence-electron chi connectivity index (χ4n) is 1.89. The van der Waals surface area contributed by atoms with Crippen LogP contribution in [0.2, 0.25) is 0 Å². The minimum Gasteiger partial charge on any atom is -0.383 e. The molecule has 0 aliphatic heterocycles. The zero-order chi connectivity index (χ0) is 11.8. The minimum atomic E-state index is 0.438. The fraction of sp³-hybridized carbons (Fsp3) is 1.00. The normalized spacial score (nSPS) is 18.0. The molecule has 4 nitrogen and oxygen atoms in total. The molecule has 4 heteroatoms. The number of nitrogens with one attached hydrogen (secondary N) is 1. The summed E-state index contributed by atoms with van der Waals surface area (Å²) in [6, 6.07) is 1.25. The van der Waals surface area contributed by atoms with Gasteiger partial charge in [-0.2, -0.15) is 0 Å². The molecule has 1 rings (SSSR count). The van der Waals surface area contributed by atoms with Gasteiger partial charge in [-0.1, -0.05) is 0 Å². The third-order valence-corrected chi connectivity index (χ3v) is 2.95. The zero-order valence-electron chi connectivity index (χ0n) is 10.9. The van der Waals surface area contributed by atoms with Crippen LogP contribution in [0.4, 0.5) is 0 Å². The van der Waals surface area contributed by atoms with Gasteiger partial charge in [-0.05, 0) is 19.8 Å².